The van der Waals surface area contributed by atoms with E-state index in [1.54, 1.807) is 0 Å². The summed E-state index contributed by atoms with van der Waals surface area (Å²) in [6, 6.07) is 0.150. The van der Waals surface area contributed by atoms with Crippen molar-refractivity contribution in [1.29, 1.82) is 0 Å². The molecule has 0 spiro atoms. The molecule has 6 heteroatoms. The van der Waals surface area contributed by atoms with Crippen molar-refractivity contribution in [3.8, 4) is 0 Å². The van der Waals surface area contributed by atoms with Gasteiger partial charge in [0.2, 0.25) is 11.8 Å². The molecular weight excluding hydrogens is 258 g/mol. The zero-order valence-corrected chi connectivity index (χ0v) is 12.2. The molecule has 1 saturated carbocycles. The van der Waals surface area contributed by atoms with Crippen molar-refractivity contribution in [3.05, 3.63) is 0 Å². The molecule has 1 aliphatic carbocycles. The summed E-state index contributed by atoms with van der Waals surface area (Å²) >= 11 is 0. The fraction of sp³-hybridized carbons (Fsp3) is 0.857. The molecule has 2 fully saturated rings. The number of likely N-dealkylation sites (tertiary alicyclic amines) is 1. The third-order valence-electron chi connectivity index (χ3n) is 4.58. The van der Waals surface area contributed by atoms with Crippen LogP contribution in [-0.2, 0) is 14.3 Å². The minimum Gasteiger partial charge on any atom is -0.375 e. The lowest BCUT2D eigenvalue weighted by molar-refractivity contribution is -0.147. The SMILES string of the molecule is COCC(=O)NC1CCN(C(=O)C2(CN)CCC2)CC1. The second-order valence-corrected chi connectivity index (χ2v) is 5.91. The van der Waals surface area contributed by atoms with Crippen molar-refractivity contribution < 1.29 is 14.3 Å². The average molecular weight is 283 g/mol. The van der Waals surface area contributed by atoms with E-state index in [-0.39, 0.29) is 29.9 Å². The number of rotatable bonds is 5. The summed E-state index contributed by atoms with van der Waals surface area (Å²) in [5.74, 6) is 0.127. The zero-order chi connectivity index (χ0) is 14.6. The summed E-state index contributed by atoms with van der Waals surface area (Å²) in [5.41, 5.74) is 5.50. The summed E-state index contributed by atoms with van der Waals surface area (Å²) in [6.45, 7) is 1.96. The Labute approximate surface area is 120 Å². The van der Waals surface area contributed by atoms with Crippen molar-refractivity contribution in [2.45, 2.75) is 38.1 Å². The molecule has 2 rings (SSSR count). The Bertz CT molecular complexity index is 355. The first-order valence-corrected chi connectivity index (χ1v) is 7.39. The van der Waals surface area contributed by atoms with Crippen LogP contribution in [0.1, 0.15) is 32.1 Å². The van der Waals surface area contributed by atoms with Gasteiger partial charge in [-0.1, -0.05) is 6.42 Å². The monoisotopic (exact) mass is 283 g/mol. The van der Waals surface area contributed by atoms with Crippen LogP contribution in [-0.4, -0.2) is 56.1 Å². The molecule has 0 unspecified atom stereocenters. The number of methoxy groups -OCH3 is 1. The Hall–Kier alpha value is -1.14. The molecule has 1 saturated heterocycles. The van der Waals surface area contributed by atoms with E-state index in [2.05, 4.69) is 5.32 Å². The van der Waals surface area contributed by atoms with Crippen LogP contribution in [0.2, 0.25) is 0 Å². The normalized spacial score (nSPS) is 22.2. The Morgan fingerprint density at radius 2 is 2.00 bits per heavy atom. The van der Waals surface area contributed by atoms with Gasteiger partial charge in [0.25, 0.3) is 0 Å². The van der Waals surface area contributed by atoms with Crippen LogP contribution in [0.3, 0.4) is 0 Å². The fourth-order valence-corrected chi connectivity index (χ4v) is 3.07. The van der Waals surface area contributed by atoms with Crippen molar-refractivity contribution >= 4 is 11.8 Å². The maximum atomic E-state index is 12.5. The van der Waals surface area contributed by atoms with E-state index < -0.39 is 0 Å². The summed E-state index contributed by atoms with van der Waals surface area (Å²) in [6.07, 6.45) is 4.57. The van der Waals surface area contributed by atoms with Crippen molar-refractivity contribution in [3.63, 3.8) is 0 Å². The van der Waals surface area contributed by atoms with Crippen molar-refractivity contribution in [2.75, 3.05) is 33.4 Å². The Balaban J connectivity index is 1.79. The standard InChI is InChI=1S/C14H25N3O3/c1-20-9-12(18)16-11-3-7-17(8-4-11)13(19)14(10-15)5-2-6-14/h11H,2-10,15H2,1H3,(H,16,18). The number of carbonyl (C=O) groups is 2. The highest BCUT2D eigenvalue weighted by Gasteiger charge is 2.45. The molecule has 2 amide bonds. The second kappa shape index (κ2) is 6.54. The largest absolute Gasteiger partial charge is 0.375 e. The summed E-state index contributed by atoms with van der Waals surface area (Å²) < 4.78 is 4.80. The first-order valence-electron chi connectivity index (χ1n) is 7.39. The van der Waals surface area contributed by atoms with Gasteiger partial charge in [-0.05, 0) is 25.7 Å². The lowest BCUT2D eigenvalue weighted by atomic mass is 9.67. The Morgan fingerprint density at radius 3 is 2.45 bits per heavy atom. The fourth-order valence-electron chi connectivity index (χ4n) is 3.07. The third kappa shape index (κ3) is 3.12. The summed E-state index contributed by atoms with van der Waals surface area (Å²) in [7, 11) is 1.51. The topological polar surface area (TPSA) is 84.7 Å². The second-order valence-electron chi connectivity index (χ2n) is 5.91. The molecule has 0 aromatic carbocycles. The zero-order valence-electron chi connectivity index (χ0n) is 12.2. The molecule has 0 atom stereocenters. The van der Waals surface area contributed by atoms with Crippen LogP contribution in [0, 0.1) is 5.41 Å². The predicted octanol–water partition coefficient (Wildman–Crippen LogP) is -0.131. The van der Waals surface area contributed by atoms with Gasteiger partial charge >= 0.3 is 0 Å². The van der Waals surface area contributed by atoms with Crippen LogP contribution in [0.15, 0.2) is 0 Å². The molecule has 0 bridgehead atoms. The van der Waals surface area contributed by atoms with Gasteiger partial charge in [-0.3, -0.25) is 9.59 Å². The summed E-state index contributed by atoms with van der Waals surface area (Å²) in [4.78, 5) is 25.9. The first-order chi connectivity index (χ1) is 9.61. The van der Waals surface area contributed by atoms with E-state index in [0.29, 0.717) is 19.6 Å². The molecule has 6 nitrogen and oxygen atoms in total. The van der Waals surface area contributed by atoms with E-state index in [0.717, 1.165) is 32.1 Å². The van der Waals surface area contributed by atoms with E-state index in [1.807, 2.05) is 4.90 Å². The van der Waals surface area contributed by atoms with Crippen LogP contribution in [0.4, 0.5) is 0 Å². The number of nitrogens with one attached hydrogen (secondary N) is 1. The van der Waals surface area contributed by atoms with Gasteiger partial charge in [-0.25, -0.2) is 0 Å². The van der Waals surface area contributed by atoms with E-state index in [4.69, 9.17) is 10.5 Å². The summed E-state index contributed by atoms with van der Waals surface area (Å²) in [5, 5.41) is 2.93. The molecule has 20 heavy (non-hydrogen) atoms. The molecule has 0 radical (unpaired) electrons. The number of hydrogen-bond donors (Lipinski definition) is 2. The Morgan fingerprint density at radius 1 is 1.35 bits per heavy atom. The number of nitrogens with two attached hydrogens (primary N) is 1. The quantitative estimate of drug-likeness (QED) is 0.736. The first kappa shape index (κ1) is 15.3. The number of ether oxygens (including phenoxy) is 1. The lowest BCUT2D eigenvalue weighted by Gasteiger charge is -2.44. The molecule has 0 aromatic rings. The van der Waals surface area contributed by atoms with Crippen LogP contribution >= 0.6 is 0 Å². The minimum atomic E-state index is -0.286. The molecule has 0 aromatic heterocycles. The maximum absolute atomic E-state index is 12.5. The van der Waals surface area contributed by atoms with E-state index >= 15 is 0 Å². The molecule has 1 heterocycles. The Kier molecular flexibility index (Phi) is 4.99. The van der Waals surface area contributed by atoms with Crippen LogP contribution < -0.4 is 11.1 Å². The number of nitrogens with zero attached hydrogens (tertiary/aromatic N) is 1. The van der Waals surface area contributed by atoms with Gasteiger partial charge in [0.1, 0.15) is 6.61 Å². The smallest absolute Gasteiger partial charge is 0.246 e. The molecular formula is C14H25N3O3. The van der Waals surface area contributed by atoms with Crippen molar-refractivity contribution in [2.24, 2.45) is 11.1 Å². The lowest BCUT2D eigenvalue weighted by Crippen LogP contribution is -2.55. The predicted molar refractivity (Wildman–Crippen MR) is 75.0 cm³/mol. The van der Waals surface area contributed by atoms with Crippen LogP contribution in [0.25, 0.3) is 0 Å². The molecule has 1 aliphatic heterocycles. The van der Waals surface area contributed by atoms with Gasteiger partial charge in [-0.15, -0.1) is 0 Å². The van der Waals surface area contributed by atoms with Gasteiger partial charge < -0.3 is 20.7 Å². The van der Waals surface area contributed by atoms with Crippen LogP contribution in [0.5, 0.6) is 0 Å². The van der Waals surface area contributed by atoms with E-state index in [9.17, 15) is 9.59 Å². The maximum Gasteiger partial charge on any atom is 0.246 e. The number of amides is 2. The van der Waals surface area contributed by atoms with Gasteiger partial charge in [0, 0.05) is 32.8 Å². The highest BCUT2D eigenvalue weighted by Crippen LogP contribution is 2.41. The number of hydrogen-bond acceptors (Lipinski definition) is 4. The molecule has 2 aliphatic rings. The minimum absolute atomic E-state index is 0.0882. The molecule has 3 N–H and O–H groups in total. The van der Waals surface area contributed by atoms with Crippen molar-refractivity contribution in [1.82, 2.24) is 10.2 Å². The molecule has 114 valence electrons. The van der Waals surface area contributed by atoms with Gasteiger partial charge in [-0.2, -0.15) is 0 Å². The number of piperidine rings is 1. The van der Waals surface area contributed by atoms with Gasteiger partial charge in [0.15, 0.2) is 0 Å². The average Bonchev–Trinajstić information content (AvgIpc) is 2.39. The highest BCUT2D eigenvalue weighted by molar-refractivity contribution is 5.84. The van der Waals surface area contributed by atoms with Gasteiger partial charge in [0.05, 0.1) is 5.41 Å². The highest BCUT2D eigenvalue weighted by atomic mass is 16.5. The third-order valence-corrected chi connectivity index (χ3v) is 4.58. The van der Waals surface area contributed by atoms with E-state index in [1.165, 1.54) is 7.11 Å². The number of carbonyl (C=O) groups excluding carboxylic acids is 2.